The van der Waals surface area contributed by atoms with Gasteiger partial charge < -0.3 is 16.0 Å². The number of rotatable bonds is 5. The topological polar surface area (TPSA) is 78.7 Å². The minimum absolute atomic E-state index is 0.150. The second kappa shape index (κ2) is 8.34. The summed E-state index contributed by atoms with van der Waals surface area (Å²) in [5.74, 6) is -0.200. The Balaban J connectivity index is 1.92. The van der Waals surface area contributed by atoms with Gasteiger partial charge in [-0.15, -0.1) is 0 Å². The van der Waals surface area contributed by atoms with E-state index in [-0.39, 0.29) is 24.4 Å². The summed E-state index contributed by atoms with van der Waals surface area (Å²) >= 11 is 0. The van der Waals surface area contributed by atoms with Crippen LogP contribution in [-0.2, 0) is 9.59 Å². The van der Waals surface area contributed by atoms with Gasteiger partial charge >= 0.3 is 0 Å². The average molecular weight is 296 g/mol. The van der Waals surface area contributed by atoms with Crippen molar-refractivity contribution in [1.82, 2.24) is 15.1 Å². The maximum absolute atomic E-state index is 12.5. The number of hydrogen-bond donors (Lipinski definition) is 2. The molecule has 2 fully saturated rings. The number of carbonyl (C=O) groups is 2. The lowest BCUT2D eigenvalue weighted by Crippen LogP contribution is -2.50. The first-order valence-electron chi connectivity index (χ1n) is 8.17. The third-order valence-electron chi connectivity index (χ3n) is 4.48. The largest absolute Gasteiger partial charge is 0.369 e. The van der Waals surface area contributed by atoms with Crippen LogP contribution in [0.4, 0.5) is 0 Å². The van der Waals surface area contributed by atoms with E-state index in [1.165, 1.54) is 12.8 Å². The van der Waals surface area contributed by atoms with Crippen molar-refractivity contribution >= 4 is 11.8 Å². The van der Waals surface area contributed by atoms with Gasteiger partial charge in [-0.25, -0.2) is 0 Å². The highest BCUT2D eigenvalue weighted by Crippen LogP contribution is 2.14. The van der Waals surface area contributed by atoms with Gasteiger partial charge in [-0.3, -0.25) is 14.5 Å². The number of nitrogens with two attached hydrogens (primary N) is 1. The summed E-state index contributed by atoms with van der Waals surface area (Å²) in [5, 5.41) is 3.31. The highest BCUT2D eigenvalue weighted by Gasteiger charge is 2.26. The van der Waals surface area contributed by atoms with Crippen molar-refractivity contribution in [2.75, 3.05) is 39.3 Å². The first-order valence-corrected chi connectivity index (χ1v) is 8.17. The van der Waals surface area contributed by atoms with Crippen LogP contribution in [0, 0.1) is 0 Å². The number of nitrogens with zero attached hydrogens (tertiary/aromatic N) is 2. The Morgan fingerprint density at radius 2 is 1.67 bits per heavy atom. The fourth-order valence-electron chi connectivity index (χ4n) is 3.28. The molecule has 6 heteroatoms. The maximum atomic E-state index is 12.5. The molecule has 2 aliphatic heterocycles. The average Bonchev–Trinajstić information content (AvgIpc) is 2.76. The minimum Gasteiger partial charge on any atom is -0.369 e. The predicted molar refractivity (Wildman–Crippen MR) is 81.7 cm³/mol. The molecular formula is C15H28N4O2. The molecule has 2 heterocycles. The number of hydrogen-bond acceptors (Lipinski definition) is 4. The van der Waals surface area contributed by atoms with Gasteiger partial charge in [0.15, 0.2) is 0 Å². The molecule has 3 N–H and O–H groups in total. The van der Waals surface area contributed by atoms with Crippen molar-refractivity contribution in [3.8, 4) is 0 Å². The lowest BCUT2D eigenvalue weighted by Gasteiger charge is -2.34. The molecule has 2 saturated heterocycles. The van der Waals surface area contributed by atoms with Crippen molar-refractivity contribution in [3.63, 3.8) is 0 Å². The van der Waals surface area contributed by atoms with E-state index in [1.807, 2.05) is 9.80 Å². The third kappa shape index (κ3) is 5.28. The molecule has 2 aliphatic rings. The SMILES string of the molecule is NC(=O)CN(CC(=O)N1CCCCCC1)C1CCNCC1. The Morgan fingerprint density at radius 1 is 1.05 bits per heavy atom. The van der Waals surface area contributed by atoms with Crippen LogP contribution < -0.4 is 11.1 Å². The number of likely N-dealkylation sites (tertiary alicyclic amines) is 1. The van der Waals surface area contributed by atoms with Crippen LogP contribution in [0.15, 0.2) is 0 Å². The number of primary amides is 1. The zero-order chi connectivity index (χ0) is 15.1. The Hall–Kier alpha value is -1.14. The summed E-state index contributed by atoms with van der Waals surface area (Å²) in [4.78, 5) is 27.8. The molecule has 6 nitrogen and oxygen atoms in total. The summed E-state index contributed by atoms with van der Waals surface area (Å²) in [5.41, 5.74) is 5.36. The minimum atomic E-state index is -0.350. The molecule has 0 unspecified atom stereocenters. The fraction of sp³-hybridized carbons (Fsp3) is 0.867. The van der Waals surface area contributed by atoms with Crippen molar-refractivity contribution in [2.24, 2.45) is 5.73 Å². The molecule has 120 valence electrons. The molecule has 0 radical (unpaired) electrons. The maximum Gasteiger partial charge on any atom is 0.236 e. The lowest BCUT2D eigenvalue weighted by molar-refractivity contribution is -0.133. The summed E-state index contributed by atoms with van der Waals surface area (Å²) < 4.78 is 0. The second-order valence-electron chi connectivity index (χ2n) is 6.15. The van der Waals surface area contributed by atoms with Crippen molar-refractivity contribution in [2.45, 2.75) is 44.6 Å². The van der Waals surface area contributed by atoms with E-state index in [0.29, 0.717) is 6.54 Å². The van der Waals surface area contributed by atoms with E-state index < -0.39 is 0 Å². The molecule has 2 rings (SSSR count). The van der Waals surface area contributed by atoms with Gasteiger partial charge in [0.2, 0.25) is 11.8 Å². The third-order valence-corrected chi connectivity index (χ3v) is 4.48. The summed E-state index contributed by atoms with van der Waals surface area (Å²) in [6, 6.07) is 0.287. The number of nitrogens with one attached hydrogen (secondary N) is 1. The van der Waals surface area contributed by atoms with Crippen molar-refractivity contribution < 1.29 is 9.59 Å². The van der Waals surface area contributed by atoms with Gasteiger partial charge in [-0.2, -0.15) is 0 Å². The Kier molecular flexibility index (Phi) is 6.45. The zero-order valence-electron chi connectivity index (χ0n) is 12.9. The molecule has 0 atom stereocenters. The van der Waals surface area contributed by atoms with Crippen LogP contribution in [0.3, 0.4) is 0 Å². The monoisotopic (exact) mass is 296 g/mol. The molecule has 0 bridgehead atoms. The first-order chi connectivity index (χ1) is 10.2. The zero-order valence-corrected chi connectivity index (χ0v) is 12.9. The van der Waals surface area contributed by atoms with Gasteiger partial charge in [0.05, 0.1) is 13.1 Å². The number of carbonyl (C=O) groups excluding carboxylic acids is 2. The van der Waals surface area contributed by atoms with Crippen LogP contribution in [0.2, 0.25) is 0 Å². The smallest absolute Gasteiger partial charge is 0.236 e. The molecule has 0 aromatic rings. The van der Waals surface area contributed by atoms with Crippen molar-refractivity contribution in [1.29, 1.82) is 0 Å². The van der Waals surface area contributed by atoms with Gasteiger partial charge in [0, 0.05) is 19.1 Å². The van der Waals surface area contributed by atoms with E-state index in [0.717, 1.165) is 51.9 Å². The Morgan fingerprint density at radius 3 is 2.24 bits per heavy atom. The van der Waals surface area contributed by atoms with Gasteiger partial charge in [-0.05, 0) is 38.8 Å². The predicted octanol–water partition coefficient (Wildman–Crippen LogP) is -0.0717. The number of amides is 2. The Labute approximate surface area is 127 Å². The molecule has 2 amide bonds. The van der Waals surface area contributed by atoms with E-state index in [1.54, 1.807) is 0 Å². The normalized spacial score (nSPS) is 21.3. The van der Waals surface area contributed by atoms with Crippen LogP contribution in [0.5, 0.6) is 0 Å². The van der Waals surface area contributed by atoms with Crippen LogP contribution in [-0.4, -0.2) is 66.9 Å². The summed E-state index contributed by atoms with van der Waals surface area (Å²) in [7, 11) is 0. The second-order valence-corrected chi connectivity index (χ2v) is 6.15. The van der Waals surface area contributed by atoms with Gasteiger partial charge in [0.1, 0.15) is 0 Å². The van der Waals surface area contributed by atoms with Crippen LogP contribution in [0.25, 0.3) is 0 Å². The number of piperidine rings is 1. The van der Waals surface area contributed by atoms with Crippen LogP contribution >= 0.6 is 0 Å². The van der Waals surface area contributed by atoms with Crippen LogP contribution in [0.1, 0.15) is 38.5 Å². The molecular weight excluding hydrogens is 268 g/mol. The van der Waals surface area contributed by atoms with Crippen molar-refractivity contribution in [3.05, 3.63) is 0 Å². The lowest BCUT2D eigenvalue weighted by atomic mass is 10.0. The Bertz CT molecular complexity index is 348. The van der Waals surface area contributed by atoms with Gasteiger partial charge in [0.25, 0.3) is 0 Å². The highest BCUT2D eigenvalue weighted by atomic mass is 16.2. The summed E-state index contributed by atoms with van der Waals surface area (Å²) in [6.45, 7) is 4.11. The molecule has 0 spiro atoms. The first kappa shape index (κ1) is 16.2. The van der Waals surface area contributed by atoms with Gasteiger partial charge in [-0.1, -0.05) is 12.8 Å². The highest BCUT2D eigenvalue weighted by molar-refractivity contribution is 5.80. The molecule has 0 saturated carbocycles. The standard InChI is InChI=1S/C15H28N4O2/c16-14(20)11-19(13-5-7-17-8-6-13)12-15(21)18-9-3-1-2-4-10-18/h13,17H,1-12H2,(H2,16,20). The van der Waals surface area contributed by atoms with E-state index in [4.69, 9.17) is 5.73 Å². The molecule has 0 aliphatic carbocycles. The van der Waals surface area contributed by atoms with E-state index >= 15 is 0 Å². The molecule has 0 aromatic carbocycles. The molecule has 21 heavy (non-hydrogen) atoms. The molecule has 0 aromatic heterocycles. The summed E-state index contributed by atoms with van der Waals surface area (Å²) in [6.07, 6.45) is 6.55. The van der Waals surface area contributed by atoms with E-state index in [2.05, 4.69) is 5.32 Å². The quantitative estimate of drug-likeness (QED) is 0.744. The van der Waals surface area contributed by atoms with E-state index in [9.17, 15) is 9.59 Å². The fourth-order valence-corrected chi connectivity index (χ4v) is 3.28.